The zero-order valence-corrected chi connectivity index (χ0v) is 7.78. The average molecular weight is 186 g/mol. The van der Waals surface area contributed by atoms with Gasteiger partial charge in [-0.2, -0.15) is 0 Å². The first-order valence-corrected chi connectivity index (χ1v) is 1.22. The molecule has 0 aromatic heterocycles. The molecule has 0 atom stereocenters. The summed E-state index contributed by atoms with van der Waals surface area (Å²) >= 11 is 0. The van der Waals surface area contributed by atoms with Crippen LogP contribution in [0, 0.1) is 0 Å². The maximum Gasteiger partial charge on any atom is 0.549 e. The smallest absolute Gasteiger partial charge is 0.412 e. The van der Waals surface area contributed by atoms with Crippen LogP contribution in [-0.4, -0.2) is 65.9 Å². The second kappa shape index (κ2) is 175. The van der Waals surface area contributed by atoms with Gasteiger partial charge in [-0.15, -0.1) is 0 Å². The molecule has 0 rings (SSSR count). The Bertz CT molecular complexity index is 32.0. The highest BCUT2D eigenvalue weighted by atomic mass is 28.2. The molecule has 9 heavy (non-hydrogen) atoms. The van der Waals surface area contributed by atoms with E-state index in [1.165, 1.54) is 0 Å². The van der Waals surface area contributed by atoms with Gasteiger partial charge in [0.25, 0.3) is 0 Å². The summed E-state index contributed by atoms with van der Waals surface area (Å²) in [5, 5.41) is 0. The van der Waals surface area contributed by atoms with Crippen LogP contribution < -0.4 is 0 Å². The Kier molecular flexibility index (Phi) is 1950. The fourth-order valence-electron chi connectivity index (χ4n) is 0. The Balaban J connectivity index is -0.00000000133. The Labute approximate surface area is 75.1 Å². The summed E-state index contributed by atoms with van der Waals surface area (Å²) in [7, 11) is -1.42. The third-order valence-electron chi connectivity index (χ3n) is 0. The van der Waals surface area contributed by atoms with Crippen LogP contribution in [0.1, 0.15) is 0 Å². The van der Waals surface area contributed by atoms with Crippen LogP contribution in [0.2, 0.25) is 0 Å². The van der Waals surface area contributed by atoms with Crippen LogP contribution in [0.4, 0.5) is 0 Å². The van der Waals surface area contributed by atoms with Gasteiger partial charge in [-0.1, -0.05) is 0 Å². The molecule has 0 heterocycles. The van der Waals surface area contributed by atoms with Crippen LogP contribution in [0.3, 0.4) is 0 Å². The molecule has 0 spiro atoms. The lowest BCUT2D eigenvalue weighted by Gasteiger charge is -0.944. The predicted molar refractivity (Wildman–Crippen MR) is 33.1 cm³/mol. The molecule has 0 saturated carbocycles. The highest BCUT2D eigenvalue weighted by Crippen LogP contribution is 0.759. The molecule has 0 bridgehead atoms. The SMILES string of the molecule is O.O.O.O.O=[Si]=O.[Al].[Al]. The van der Waals surface area contributed by atoms with Gasteiger partial charge < -0.3 is 21.9 Å². The summed E-state index contributed by atoms with van der Waals surface area (Å²) in [5.41, 5.74) is 0. The summed E-state index contributed by atoms with van der Waals surface area (Å²) < 4.78 is 16.8. The molecule has 0 aromatic rings. The van der Waals surface area contributed by atoms with Crippen LogP contribution in [0.25, 0.3) is 0 Å². The molecule has 54 valence electrons. The molecule has 8 N–H and O–H groups in total. The quantitative estimate of drug-likeness (QED) is 0.348. The van der Waals surface area contributed by atoms with Crippen LogP contribution in [-0.2, 0) is 8.92 Å². The molecule has 0 aliphatic heterocycles. The predicted octanol–water partition coefficient (Wildman–Crippen LogP) is -4.68. The normalized spacial score (nSPS) is 0.889. The van der Waals surface area contributed by atoms with E-state index in [1.807, 2.05) is 0 Å². The van der Waals surface area contributed by atoms with Gasteiger partial charge in [-0.3, -0.25) is 8.92 Å². The van der Waals surface area contributed by atoms with Crippen molar-refractivity contribution in [1.82, 2.24) is 0 Å². The van der Waals surface area contributed by atoms with Gasteiger partial charge in [0.1, 0.15) is 0 Å². The Morgan fingerprint density at radius 3 is 0.667 bits per heavy atom. The van der Waals surface area contributed by atoms with Gasteiger partial charge in [0, 0.05) is 34.7 Å². The highest BCUT2D eigenvalue weighted by molar-refractivity contribution is 5.94. The van der Waals surface area contributed by atoms with Crippen molar-refractivity contribution in [2.45, 2.75) is 0 Å². The lowest BCUT2D eigenvalue weighted by atomic mass is 15.9. The first-order valence-electron chi connectivity index (χ1n) is 0.408. The zero-order chi connectivity index (χ0) is 2.71. The van der Waals surface area contributed by atoms with Crippen molar-refractivity contribution in [3.63, 3.8) is 0 Å². The molecule has 0 aliphatic carbocycles. The van der Waals surface area contributed by atoms with Crippen LogP contribution >= 0.6 is 0 Å². The van der Waals surface area contributed by atoms with Crippen molar-refractivity contribution in [2.75, 3.05) is 0 Å². The van der Waals surface area contributed by atoms with E-state index >= 15 is 0 Å². The van der Waals surface area contributed by atoms with Gasteiger partial charge in [0.2, 0.25) is 0 Å². The highest BCUT2D eigenvalue weighted by Gasteiger charge is 1.22. The zero-order valence-electron chi connectivity index (χ0n) is 4.47. The number of hydrogen-bond donors (Lipinski definition) is 0. The maximum atomic E-state index is 8.40. The van der Waals surface area contributed by atoms with Gasteiger partial charge >= 0.3 is 9.29 Å². The van der Waals surface area contributed by atoms with Crippen molar-refractivity contribution < 1.29 is 30.8 Å². The lowest BCUT2D eigenvalue weighted by molar-refractivity contribution is 0.497. The molecular weight excluding hydrogens is 178 g/mol. The fourth-order valence-corrected chi connectivity index (χ4v) is 0. The molecule has 0 aromatic carbocycles. The van der Waals surface area contributed by atoms with Crippen LogP contribution in [0.5, 0.6) is 0 Å². The molecule has 6 nitrogen and oxygen atoms in total. The van der Waals surface area contributed by atoms with E-state index in [1.54, 1.807) is 0 Å². The first kappa shape index (κ1) is 99.8. The Morgan fingerprint density at radius 1 is 0.667 bits per heavy atom. The maximum absolute atomic E-state index is 8.40. The van der Waals surface area contributed by atoms with E-state index in [4.69, 9.17) is 8.92 Å². The van der Waals surface area contributed by atoms with E-state index in [2.05, 4.69) is 0 Å². The molecule has 0 aliphatic rings. The first-order chi connectivity index (χ1) is 1.41. The Morgan fingerprint density at radius 2 is 0.667 bits per heavy atom. The van der Waals surface area contributed by atoms with E-state index < -0.39 is 9.29 Å². The second-order valence-electron chi connectivity index (χ2n) is 0.0833. The van der Waals surface area contributed by atoms with Gasteiger partial charge in [-0.25, -0.2) is 0 Å². The van der Waals surface area contributed by atoms with Crippen molar-refractivity contribution >= 4 is 44.0 Å². The third-order valence-corrected chi connectivity index (χ3v) is 0. The van der Waals surface area contributed by atoms with Crippen LogP contribution in [0.15, 0.2) is 0 Å². The van der Waals surface area contributed by atoms with Crippen molar-refractivity contribution in [3.05, 3.63) is 0 Å². The monoisotopic (exact) mass is 186 g/mol. The minimum absolute atomic E-state index is 0. The molecule has 0 unspecified atom stereocenters. The van der Waals surface area contributed by atoms with Gasteiger partial charge in [0.05, 0.1) is 0 Å². The number of hydrogen-bond acceptors (Lipinski definition) is 2. The molecular formula is H8Al2O6Si. The summed E-state index contributed by atoms with van der Waals surface area (Å²) in [6.45, 7) is 0. The summed E-state index contributed by atoms with van der Waals surface area (Å²) in [5.74, 6) is 0. The minimum atomic E-state index is -1.42. The van der Waals surface area contributed by atoms with Crippen molar-refractivity contribution in [1.29, 1.82) is 0 Å². The second-order valence-corrected chi connectivity index (χ2v) is 0.250. The fraction of sp³-hybridized carbons (Fsp3) is 0. The molecule has 0 amide bonds. The standard InChI is InChI=1S/2Al.O2Si.4H2O/c;;1-3-2;;;;/h;;;4*1H2. The summed E-state index contributed by atoms with van der Waals surface area (Å²) in [6.07, 6.45) is 0. The average Bonchev–Trinajstić information content (AvgIpc) is 0.918. The topological polar surface area (TPSA) is 160 Å². The minimum Gasteiger partial charge on any atom is -0.412 e. The van der Waals surface area contributed by atoms with E-state index in [0.29, 0.717) is 0 Å². The van der Waals surface area contributed by atoms with E-state index in [-0.39, 0.29) is 56.6 Å². The van der Waals surface area contributed by atoms with Crippen molar-refractivity contribution in [3.8, 4) is 0 Å². The van der Waals surface area contributed by atoms with Crippen molar-refractivity contribution in [2.24, 2.45) is 0 Å². The summed E-state index contributed by atoms with van der Waals surface area (Å²) in [6, 6.07) is 0. The molecule has 0 fully saturated rings. The lowest BCUT2D eigenvalue weighted by Crippen LogP contribution is -1.26. The Hall–Kier alpha value is 0.722. The molecule has 0 saturated heterocycles. The largest absolute Gasteiger partial charge is 0.549 e. The van der Waals surface area contributed by atoms with Gasteiger partial charge in [-0.05, 0) is 0 Å². The van der Waals surface area contributed by atoms with E-state index in [0.717, 1.165) is 0 Å². The summed E-state index contributed by atoms with van der Waals surface area (Å²) in [4.78, 5) is 0. The van der Waals surface area contributed by atoms with E-state index in [9.17, 15) is 0 Å². The number of rotatable bonds is 0. The molecule has 9 heteroatoms. The third kappa shape index (κ3) is 756. The molecule has 6 radical (unpaired) electrons. The van der Waals surface area contributed by atoms with Gasteiger partial charge in [0.15, 0.2) is 0 Å².